The number of hydrazone groups is 1. The number of thioether (sulfide) groups is 1. The Kier molecular flexibility index (Phi) is 8.83. The number of hydrogen-bond acceptors (Lipinski definition) is 4. The fourth-order valence-electron chi connectivity index (χ4n) is 3.74. The Morgan fingerprint density at radius 1 is 1.03 bits per heavy atom. The number of benzene rings is 3. The van der Waals surface area contributed by atoms with Crippen LogP contribution < -0.4 is 5.73 Å². The van der Waals surface area contributed by atoms with E-state index < -0.39 is 11.7 Å². The second-order valence-corrected chi connectivity index (χ2v) is 10.1. The Bertz CT molecular complexity index is 1290. The van der Waals surface area contributed by atoms with Gasteiger partial charge in [-0.05, 0) is 60.2 Å². The molecule has 192 valence electrons. The normalized spacial score (nSPS) is 17.1. The number of halogens is 4. The van der Waals surface area contributed by atoms with Gasteiger partial charge in [0.25, 0.3) is 5.96 Å². The molecule has 11 heteroatoms. The molecule has 0 spiro atoms. The van der Waals surface area contributed by atoms with Crippen molar-refractivity contribution < 1.29 is 13.2 Å². The number of nitrogens with two attached hydrogens (primary N) is 1. The van der Waals surface area contributed by atoms with Gasteiger partial charge in [-0.15, -0.1) is 0 Å². The van der Waals surface area contributed by atoms with Crippen molar-refractivity contribution in [3.8, 4) is 0 Å². The minimum absolute atomic E-state index is 0.0457. The van der Waals surface area contributed by atoms with Gasteiger partial charge in [-0.3, -0.25) is 0 Å². The maximum absolute atomic E-state index is 12.9. The van der Waals surface area contributed by atoms with Gasteiger partial charge >= 0.3 is 6.18 Å². The van der Waals surface area contributed by atoms with Gasteiger partial charge in [0.1, 0.15) is 0 Å². The van der Waals surface area contributed by atoms with Gasteiger partial charge in [0.15, 0.2) is 5.17 Å². The van der Waals surface area contributed by atoms with Crippen LogP contribution >= 0.6 is 35.3 Å². The molecule has 0 fully saturated rings. The third-order valence-electron chi connectivity index (χ3n) is 5.59. The first kappa shape index (κ1) is 27.1. The lowest BCUT2D eigenvalue weighted by molar-refractivity contribution is -0.137. The van der Waals surface area contributed by atoms with E-state index in [-0.39, 0.29) is 11.9 Å². The third kappa shape index (κ3) is 7.09. The summed E-state index contributed by atoms with van der Waals surface area (Å²) in [5, 5.41) is 7.53. The molecular formula is C26H23ClF3N5S2. The molecule has 0 aliphatic carbocycles. The molecular weight excluding hydrogens is 539 g/mol. The maximum Gasteiger partial charge on any atom is 0.416 e. The molecule has 0 saturated carbocycles. The van der Waals surface area contributed by atoms with Crippen LogP contribution in [-0.2, 0) is 6.18 Å². The van der Waals surface area contributed by atoms with Crippen LogP contribution in [0.25, 0.3) is 0 Å². The van der Waals surface area contributed by atoms with Crippen LogP contribution in [-0.4, -0.2) is 34.6 Å². The Balaban J connectivity index is 1.70. The van der Waals surface area contributed by atoms with E-state index in [0.717, 1.165) is 47.3 Å². The predicted molar refractivity (Wildman–Crippen MR) is 148 cm³/mol. The molecule has 3 aromatic carbocycles. The zero-order valence-electron chi connectivity index (χ0n) is 19.7. The summed E-state index contributed by atoms with van der Waals surface area (Å²) in [7, 11) is 0. The van der Waals surface area contributed by atoms with Gasteiger partial charge in [-0.2, -0.15) is 27.7 Å². The fourth-order valence-corrected chi connectivity index (χ4v) is 4.62. The van der Waals surface area contributed by atoms with E-state index in [1.165, 1.54) is 23.9 Å². The lowest BCUT2D eigenvalue weighted by atomic mass is 9.86. The molecule has 1 atom stereocenters. The van der Waals surface area contributed by atoms with Gasteiger partial charge in [-0.25, -0.2) is 5.01 Å². The summed E-state index contributed by atoms with van der Waals surface area (Å²) in [6.07, 6.45) is -1.86. The molecule has 0 amide bonds. The van der Waals surface area contributed by atoms with E-state index in [2.05, 4.69) is 21.5 Å². The smallest absolute Gasteiger partial charge is 0.378 e. The number of nitrogens with zero attached hydrogens (tertiary/aromatic N) is 4. The van der Waals surface area contributed by atoms with Gasteiger partial charge < -0.3 is 5.73 Å². The first-order valence-corrected chi connectivity index (χ1v) is 13.6. The molecule has 1 heterocycles. The molecule has 3 aromatic rings. The highest BCUT2D eigenvalue weighted by Gasteiger charge is 2.30. The van der Waals surface area contributed by atoms with Crippen LogP contribution in [0.4, 0.5) is 13.2 Å². The Morgan fingerprint density at radius 3 is 2.32 bits per heavy atom. The molecule has 2 N–H and O–H groups in total. The van der Waals surface area contributed by atoms with Crippen molar-refractivity contribution in [2.75, 3.05) is 12.8 Å². The fraction of sp³-hybridized carbons (Fsp3) is 0.192. The zero-order valence-corrected chi connectivity index (χ0v) is 22.1. The molecule has 0 bridgehead atoms. The van der Waals surface area contributed by atoms with Gasteiger partial charge in [0.2, 0.25) is 0 Å². The lowest BCUT2D eigenvalue weighted by Gasteiger charge is -2.30. The van der Waals surface area contributed by atoms with Crippen LogP contribution in [0.15, 0.2) is 98.2 Å². The molecule has 4 rings (SSSR count). The molecule has 37 heavy (non-hydrogen) atoms. The molecule has 0 radical (unpaired) electrons. The zero-order chi connectivity index (χ0) is 26.4. The first-order valence-electron chi connectivity index (χ1n) is 11.2. The molecule has 5 nitrogen and oxygen atoms in total. The van der Waals surface area contributed by atoms with Crippen LogP contribution in [0.3, 0.4) is 0 Å². The van der Waals surface area contributed by atoms with Crippen molar-refractivity contribution >= 4 is 52.1 Å². The summed E-state index contributed by atoms with van der Waals surface area (Å²) < 4.78 is 43.3. The molecule has 0 saturated heterocycles. The summed E-state index contributed by atoms with van der Waals surface area (Å²) in [5.74, 6) is 0.305. The van der Waals surface area contributed by atoms with E-state index in [0.29, 0.717) is 21.6 Å². The number of aliphatic imine (C=N–C) groups is 1. The summed E-state index contributed by atoms with van der Waals surface area (Å²) >= 11 is 8.40. The van der Waals surface area contributed by atoms with Crippen molar-refractivity contribution in [1.82, 2.24) is 5.01 Å². The number of hydrogen-bond donors (Lipinski definition) is 1. The highest BCUT2D eigenvalue weighted by Crippen LogP contribution is 2.33. The van der Waals surface area contributed by atoms with Crippen molar-refractivity contribution in [2.24, 2.45) is 20.2 Å². The molecule has 1 unspecified atom stereocenters. The van der Waals surface area contributed by atoms with Crippen molar-refractivity contribution in [3.63, 3.8) is 0 Å². The quantitative estimate of drug-likeness (QED) is 0.206. The van der Waals surface area contributed by atoms with Crippen LogP contribution in [0.2, 0.25) is 5.02 Å². The topological polar surface area (TPSA) is 66.3 Å². The highest BCUT2D eigenvalue weighted by molar-refractivity contribution is 8.13. The monoisotopic (exact) mass is 561 g/mol. The van der Waals surface area contributed by atoms with Crippen LogP contribution in [0.5, 0.6) is 0 Å². The summed E-state index contributed by atoms with van der Waals surface area (Å²) in [6.45, 7) is 0.522. The van der Waals surface area contributed by atoms with Crippen molar-refractivity contribution in [1.29, 1.82) is 0 Å². The minimum Gasteiger partial charge on any atom is -0.378 e. The van der Waals surface area contributed by atoms with E-state index in [4.69, 9.17) is 22.4 Å². The lowest BCUT2D eigenvalue weighted by Crippen LogP contribution is -2.35. The first-order chi connectivity index (χ1) is 17.7. The Morgan fingerprint density at radius 2 is 1.70 bits per heavy atom. The van der Waals surface area contributed by atoms with E-state index >= 15 is 0 Å². The van der Waals surface area contributed by atoms with Crippen LogP contribution in [0.1, 0.15) is 29.0 Å². The van der Waals surface area contributed by atoms with Gasteiger partial charge in [-0.1, -0.05) is 65.8 Å². The average molecular weight is 562 g/mol. The standard InChI is InChI=1S/C26H23ClF3N5S2/c1-36-24(31)32-25(34-37-21-13-9-19(10-14-21)26(28,29)30)35-16-15-22(17-5-3-2-4-6-17)23(33-35)18-7-11-20(27)12-8-18/h2-14,22H,15-16H2,1H3,(H2,31,32,34). The highest BCUT2D eigenvalue weighted by atomic mass is 35.5. The van der Waals surface area contributed by atoms with E-state index in [1.54, 1.807) is 11.3 Å². The maximum atomic E-state index is 12.9. The molecule has 1 aliphatic rings. The Labute approximate surface area is 226 Å². The SMILES string of the molecule is CS/C(N)=N\C(=N\Sc1ccc(C(F)(F)F)cc1)N1CCC(c2ccccc2)C(c2ccc(Cl)cc2)=N1. The third-order valence-corrected chi connectivity index (χ3v) is 7.09. The molecule has 0 aromatic heterocycles. The van der Waals surface area contributed by atoms with Gasteiger partial charge in [0, 0.05) is 34.3 Å². The second-order valence-electron chi connectivity index (χ2n) is 8.03. The second kappa shape index (κ2) is 12.1. The van der Waals surface area contributed by atoms with Crippen molar-refractivity contribution in [2.45, 2.75) is 23.4 Å². The average Bonchev–Trinajstić information content (AvgIpc) is 2.91. The van der Waals surface area contributed by atoms with Gasteiger partial charge in [0.05, 0.1) is 11.3 Å². The summed E-state index contributed by atoms with van der Waals surface area (Å²) in [6, 6.07) is 22.4. The van der Waals surface area contributed by atoms with E-state index in [9.17, 15) is 13.2 Å². The summed E-state index contributed by atoms with van der Waals surface area (Å²) in [5.41, 5.74) is 8.18. The number of amidine groups is 1. The molecule has 1 aliphatic heterocycles. The minimum atomic E-state index is -4.40. The van der Waals surface area contributed by atoms with Crippen LogP contribution in [0, 0.1) is 0 Å². The van der Waals surface area contributed by atoms with Crippen molar-refractivity contribution in [3.05, 3.63) is 101 Å². The predicted octanol–water partition coefficient (Wildman–Crippen LogP) is 7.29. The number of alkyl halides is 3. The van der Waals surface area contributed by atoms with E-state index in [1.807, 2.05) is 42.5 Å². The number of guanidine groups is 1. The largest absolute Gasteiger partial charge is 0.416 e. The summed E-state index contributed by atoms with van der Waals surface area (Å²) in [4.78, 5) is 4.97. The Hall–Kier alpha value is -2.95. The number of rotatable bonds is 4.